The predicted octanol–water partition coefficient (Wildman–Crippen LogP) is 3.91. The first-order valence-corrected chi connectivity index (χ1v) is 11.1. The molecular formula is C26H28N4O2. The Hall–Kier alpha value is -3.06. The van der Waals surface area contributed by atoms with Crippen LogP contribution in [0.5, 0.6) is 0 Å². The molecule has 0 fully saturated rings. The van der Waals surface area contributed by atoms with E-state index in [0.29, 0.717) is 17.9 Å². The van der Waals surface area contributed by atoms with Crippen LogP contribution in [0.2, 0.25) is 0 Å². The highest BCUT2D eigenvalue weighted by atomic mass is 16.3. The summed E-state index contributed by atoms with van der Waals surface area (Å²) < 4.78 is 1.86. The van der Waals surface area contributed by atoms with Crippen molar-refractivity contribution in [2.24, 2.45) is 0 Å². The van der Waals surface area contributed by atoms with Crippen molar-refractivity contribution in [3.05, 3.63) is 88.7 Å². The fourth-order valence-electron chi connectivity index (χ4n) is 4.50. The average Bonchev–Trinajstić information content (AvgIpc) is 3.19. The standard InChI is InChI=1S/C26H28N4O2/c1-4-16-7-5-6-8-19(16)23-25-24(21(31)15-27-23)28-22-14-13-20(29-30(22)25)17-9-11-18(12-10-17)26(2,3)32/h5-14,21,23,27,31-32H,4,15H2,1-3H3/t21-,23+/m1/s1. The molecule has 0 bridgehead atoms. The molecule has 0 amide bonds. The van der Waals surface area contributed by atoms with Crippen molar-refractivity contribution in [1.29, 1.82) is 0 Å². The molecule has 4 aromatic rings. The van der Waals surface area contributed by atoms with Gasteiger partial charge >= 0.3 is 0 Å². The van der Waals surface area contributed by atoms with Gasteiger partial charge in [-0.25, -0.2) is 9.50 Å². The highest BCUT2D eigenvalue weighted by Crippen LogP contribution is 2.35. The number of imidazole rings is 1. The molecule has 2 aromatic heterocycles. The lowest BCUT2D eigenvalue weighted by Crippen LogP contribution is -2.35. The lowest BCUT2D eigenvalue weighted by Gasteiger charge is -2.28. The molecule has 2 atom stereocenters. The number of aryl methyl sites for hydroxylation is 1. The van der Waals surface area contributed by atoms with E-state index in [-0.39, 0.29) is 6.04 Å². The zero-order chi connectivity index (χ0) is 22.5. The topological polar surface area (TPSA) is 82.7 Å². The van der Waals surface area contributed by atoms with E-state index in [4.69, 9.17) is 10.1 Å². The third-order valence-corrected chi connectivity index (χ3v) is 6.28. The van der Waals surface area contributed by atoms with Crippen LogP contribution in [0.3, 0.4) is 0 Å². The van der Waals surface area contributed by atoms with Gasteiger partial charge in [0, 0.05) is 12.1 Å². The van der Waals surface area contributed by atoms with Crippen molar-refractivity contribution >= 4 is 5.65 Å². The number of benzene rings is 2. The summed E-state index contributed by atoms with van der Waals surface area (Å²) in [5.41, 5.74) is 6.46. The molecule has 5 rings (SSSR count). The Morgan fingerprint density at radius 2 is 1.81 bits per heavy atom. The molecule has 0 saturated heterocycles. The Kier molecular flexibility index (Phi) is 5.08. The first-order valence-electron chi connectivity index (χ1n) is 11.1. The molecule has 0 saturated carbocycles. The summed E-state index contributed by atoms with van der Waals surface area (Å²) in [6.07, 6.45) is 0.251. The van der Waals surface area contributed by atoms with E-state index in [0.717, 1.165) is 28.9 Å². The monoisotopic (exact) mass is 428 g/mol. The Bertz CT molecular complexity index is 1270. The smallest absolute Gasteiger partial charge is 0.154 e. The number of aliphatic hydroxyl groups is 2. The number of rotatable bonds is 4. The predicted molar refractivity (Wildman–Crippen MR) is 124 cm³/mol. The molecule has 6 heteroatoms. The number of β-amino-alcohol motifs (C(OH)–C–C–N with tert-alkyl or cyclic N) is 1. The third-order valence-electron chi connectivity index (χ3n) is 6.28. The van der Waals surface area contributed by atoms with Crippen LogP contribution in [0, 0.1) is 0 Å². The first kappa shape index (κ1) is 20.8. The van der Waals surface area contributed by atoms with Gasteiger partial charge in [0.05, 0.1) is 28.7 Å². The molecule has 0 spiro atoms. The highest BCUT2D eigenvalue weighted by Gasteiger charge is 2.33. The van der Waals surface area contributed by atoms with E-state index < -0.39 is 11.7 Å². The van der Waals surface area contributed by atoms with Crippen molar-refractivity contribution in [3.8, 4) is 11.3 Å². The van der Waals surface area contributed by atoms with Gasteiger partial charge < -0.3 is 15.5 Å². The molecule has 0 unspecified atom stereocenters. The summed E-state index contributed by atoms with van der Waals surface area (Å²) in [5.74, 6) is 0. The second kappa shape index (κ2) is 7.81. The zero-order valence-corrected chi connectivity index (χ0v) is 18.6. The van der Waals surface area contributed by atoms with Gasteiger partial charge in [-0.15, -0.1) is 0 Å². The maximum atomic E-state index is 10.7. The minimum absolute atomic E-state index is 0.0973. The summed E-state index contributed by atoms with van der Waals surface area (Å²) in [4.78, 5) is 4.72. The maximum Gasteiger partial charge on any atom is 0.154 e. The summed E-state index contributed by atoms with van der Waals surface area (Å²) in [7, 11) is 0. The van der Waals surface area contributed by atoms with Crippen molar-refractivity contribution in [2.45, 2.75) is 44.9 Å². The lowest BCUT2D eigenvalue weighted by molar-refractivity contribution is 0.0786. The molecule has 3 heterocycles. The summed E-state index contributed by atoms with van der Waals surface area (Å²) in [6, 6.07) is 20.0. The van der Waals surface area contributed by atoms with Gasteiger partial charge in [0.15, 0.2) is 5.65 Å². The number of hydrogen-bond donors (Lipinski definition) is 3. The van der Waals surface area contributed by atoms with E-state index in [2.05, 4.69) is 30.4 Å². The van der Waals surface area contributed by atoms with Gasteiger partial charge in [-0.2, -0.15) is 5.10 Å². The molecule has 3 N–H and O–H groups in total. The molecule has 164 valence electrons. The van der Waals surface area contributed by atoms with Crippen LogP contribution in [0.25, 0.3) is 16.9 Å². The number of nitrogens with one attached hydrogen (secondary N) is 1. The van der Waals surface area contributed by atoms with Crippen molar-refractivity contribution in [3.63, 3.8) is 0 Å². The van der Waals surface area contributed by atoms with Crippen LogP contribution < -0.4 is 5.32 Å². The Balaban J connectivity index is 1.64. The largest absolute Gasteiger partial charge is 0.386 e. The Morgan fingerprint density at radius 3 is 2.53 bits per heavy atom. The minimum Gasteiger partial charge on any atom is -0.386 e. The summed E-state index contributed by atoms with van der Waals surface area (Å²) in [6.45, 7) is 6.15. The van der Waals surface area contributed by atoms with Crippen LogP contribution in [0.1, 0.15) is 61.0 Å². The molecule has 0 radical (unpaired) electrons. The van der Waals surface area contributed by atoms with Gasteiger partial charge in [-0.1, -0.05) is 55.5 Å². The van der Waals surface area contributed by atoms with Crippen LogP contribution in [-0.4, -0.2) is 31.4 Å². The number of hydrogen-bond acceptors (Lipinski definition) is 5. The van der Waals surface area contributed by atoms with Gasteiger partial charge in [0.1, 0.15) is 6.10 Å². The second-order valence-corrected chi connectivity index (χ2v) is 8.92. The number of aliphatic hydroxyl groups excluding tert-OH is 1. The average molecular weight is 429 g/mol. The fourth-order valence-corrected chi connectivity index (χ4v) is 4.50. The van der Waals surface area contributed by atoms with Crippen LogP contribution in [-0.2, 0) is 12.0 Å². The SMILES string of the molecule is CCc1ccccc1[C@@H]1NC[C@@H](O)c2nc3ccc(-c4ccc(C(C)(C)O)cc4)nn3c21. The van der Waals surface area contributed by atoms with Gasteiger partial charge in [-0.05, 0) is 49.1 Å². The number of nitrogens with zero attached hydrogens (tertiary/aromatic N) is 3. The van der Waals surface area contributed by atoms with Crippen molar-refractivity contribution in [1.82, 2.24) is 19.9 Å². The highest BCUT2D eigenvalue weighted by molar-refractivity contribution is 5.61. The Morgan fingerprint density at radius 1 is 1.06 bits per heavy atom. The molecular weight excluding hydrogens is 400 g/mol. The van der Waals surface area contributed by atoms with Crippen LogP contribution >= 0.6 is 0 Å². The van der Waals surface area contributed by atoms with Crippen LogP contribution in [0.4, 0.5) is 0 Å². The minimum atomic E-state index is -0.888. The fraction of sp³-hybridized carbons (Fsp3) is 0.308. The Labute approximate surface area is 187 Å². The third kappa shape index (κ3) is 3.50. The summed E-state index contributed by atoms with van der Waals surface area (Å²) in [5, 5.41) is 29.3. The molecule has 2 aromatic carbocycles. The van der Waals surface area contributed by atoms with Gasteiger partial charge in [0.25, 0.3) is 0 Å². The quantitative estimate of drug-likeness (QED) is 0.459. The molecule has 1 aliphatic heterocycles. The molecule has 1 aliphatic rings. The molecule has 6 nitrogen and oxygen atoms in total. The maximum absolute atomic E-state index is 10.7. The van der Waals surface area contributed by atoms with Gasteiger partial charge in [0.2, 0.25) is 0 Å². The molecule has 32 heavy (non-hydrogen) atoms. The summed E-state index contributed by atoms with van der Waals surface area (Å²) >= 11 is 0. The van der Waals surface area contributed by atoms with Crippen molar-refractivity contribution in [2.75, 3.05) is 6.54 Å². The molecule has 0 aliphatic carbocycles. The normalized spacial score (nSPS) is 18.7. The zero-order valence-electron chi connectivity index (χ0n) is 18.6. The number of fused-ring (bicyclic) bond motifs is 3. The van der Waals surface area contributed by atoms with E-state index in [9.17, 15) is 10.2 Å². The van der Waals surface area contributed by atoms with E-state index in [1.165, 1.54) is 11.1 Å². The van der Waals surface area contributed by atoms with Crippen LogP contribution in [0.15, 0.2) is 60.7 Å². The van der Waals surface area contributed by atoms with E-state index >= 15 is 0 Å². The lowest BCUT2D eigenvalue weighted by atomic mass is 9.92. The van der Waals surface area contributed by atoms with Gasteiger partial charge in [-0.3, -0.25) is 0 Å². The van der Waals surface area contributed by atoms with Crippen molar-refractivity contribution < 1.29 is 10.2 Å². The number of aromatic nitrogens is 3. The van der Waals surface area contributed by atoms with E-state index in [1.807, 2.05) is 47.0 Å². The first-order chi connectivity index (χ1) is 15.4. The van der Waals surface area contributed by atoms with E-state index in [1.54, 1.807) is 13.8 Å². The second-order valence-electron chi connectivity index (χ2n) is 8.92.